The van der Waals surface area contributed by atoms with Crippen LogP contribution in [0.4, 0.5) is 0 Å². The summed E-state index contributed by atoms with van der Waals surface area (Å²) in [7, 11) is 3.67. The van der Waals surface area contributed by atoms with E-state index in [4.69, 9.17) is 0 Å². The van der Waals surface area contributed by atoms with Gasteiger partial charge in [-0.3, -0.25) is 9.48 Å². The Labute approximate surface area is 128 Å². The Morgan fingerprint density at radius 1 is 1.48 bits per heavy atom. The molecule has 0 saturated heterocycles. The van der Waals surface area contributed by atoms with Gasteiger partial charge in [0.05, 0.1) is 11.9 Å². The number of hydrogen-bond acceptors (Lipinski definition) is 5. The molecule has 0 aliphatic rings. The summed E-state index contributed by atoms with van der Waals surface area (Å²) in [4.78, 5) is 13.9. The van der Waals surface area contributed by atoms with Gasteiger partial charge in [-0.25, -0.2) is 0 Å². The van der Waals surface area contributed by atoms with Gasteiger partial charge >= 0.3 is 0 Å². The van der Waals surface area contributed by atoms with E-state index < -0.39 is 0 Å². The standard InChI is InChI=1S/C13H20N6OS/c1-5-19-10(2)11(6-15-19)7-17(3)12(20)8-21-13-16-14-9-18(13)4/h6,9H,5,7-8H2,1-4H3. The molecule has 2 heterocycles. The van der Waals surface area contributed by atoms with Gasteiger partial charge in [0, 0.05) is 38.4 Å². The number of carbonyl (C=O) groups is 1. The summed E-state index contributed by atoms with van der Waals surface area (Å²) >= 11 is 1.39. The molecule has 0 unspecified atom stereocenters. The molecule has 0 fully saturated rings. The van der Waals surface area contributed by atoms with E-state index in [1.807, 2.05) is 31.9 Å². The summed E-state index contributed by atoms with van der Waals surface area (Å²) in [5.41, 5.74) is 2.19. The SMILES string of the molecule is CCn1ncc(CN(C)C(=O)CSc2nncn2C)c1C. The van der Waals surface area contributed by atoms with E-state index in [1.54, 1.807) is 15.8 Å². The van der Waals surface area contributed by atoms with Crippen LogP contribution in [-0.4, -0.2) is 48.2 Å². The Balaban J connectivity index is 1.90. The first-order chi connectivity index (χ1) is 10.0. The molecule has 0 radical (unpaired) electrons. The normalized spacial score (nSPS) is 10.9. The van der Waals surface area contributed by atoms with Gasteiger partial charge in [0.1, 0.15) is 6.33 Å². The van der Waals surface area contributed by atoms with Crippen molar-refractivity contribution in [2.24, 2.45) is 7.05 Å². The maximum atomic E-state index is 12.2. The predicted octanol–water partition coefficient (Wildman–Crippen LogP) is 1.09. The Kier molecular flexibility index (Phi) is 5.00. The first kappa shape index (κ1) is 15.6. The molecule has 0 aliphatic heterocycles. The third-order valence-corrected chi connectivity index (χ3v) is 4.35. The summed E-state index contributed by atoms with van der Waals surface area (Å²) in [6, 6.07) is 0. The van der Waals surface area contributed by atoms with Crippen LogP contribution < -0.4 is 0 Å². The fourth-order valence-corrected chi connectivity index (χ4v) is 2.77. The molecule has 2 rings (SSSR count). The Morgan fingerprint density at radius 3 is 2.81 bits per heavy atom. The summed E-state index contributed by atoms with van der Waals surface area (Å²) in [6.07, 6.45) is 3.46. The molecular weight excluding hydrogens is 288 g/mol. The molecule has 114 valence electrons. The van der Waals surface area contributed by atoms with Crippen LogP contribution in [0.15, 0.2) is 17.7 Å². The van der Waals surface area contributed by atoms with Crippen LogP contribution in [0.1, 0.15) is 18.2 Å². The van der Waals surface area contributed by atoms with Gasteiger partial charge in [0.25, 0.3) is 0 Å². The number of thioether (sulfide) groups is 1. The number of hydrogen-bond donors (Lipinski definition) is 0. The second kappa shape index (κ2) is 6.75. The number of aromatic nitrogens is 5. The van der Waals surface area contributed by atoms with Crippen LogP contribution in [0.25, 0.3) is 0 Å². The second-order valence-corrected chi connectivity index (χ2v) is 5.78. The van der Waals surface area contributed by atoms with Crippen molar-refractivity contribution in [1.29, 1.82) is 0 Å². The molecule has 0 atom stereocenters. The van der Waals surface area contributed by atoms with Gasteiger partial charge in [0.15, 0.2) is 5.16 Å². The first-order valence-corrected chi connectivity index (χ1v) is 7.73. The molecule has 0 saturated carbocycles. The van der Waals surface area contributed by atoms with Crippen molar-refractivity contribution >= 4 is 17.7 Å². The maximum Gasteiger partial charge on any atom is 0.233 e. The molecule has 0 aromatic carbocycles. The summed E-state index contributed by atoms with van der Waals surface area (Å²) < 4.78 is 3.73. The highest BCUT2D eigenvalue weighted by atomic mass is 32.2. The van der Waals surface area contributed by atoms with Crippen LogP contribution in [-0.2, 0) is 24.9 Å². The quantitative estimate of drug-likeness (QED) is 0.747. The second-order valence-electron chi connectivity index (χ2n) is 4.83. The van der Waals surface area contributed by atoms with E-state index in [9.17, 15) is 4.79 Å². The van der Waals surface area contributed by atoms with Crippen LogP contribution in [0.3, 0.4) is 0 Å². The lowest BCUT2D eigenvalue weighted by Gasteiger charge is -2.16. The average molecular weight is 308 g/mol. The Morgan fingerprint density at radius 2 is 2.24 bits per heavy atom. The maximum absolute atomic E-state index is 12.2. The third-order valence-electron chi connectivity index (χ3n) is 3.33. The van der Waals surface area contributed by atoms with Gasteiger partial charge in [-0.15, -0.1) is 10.2 Å². The molecular formula is C13H20N6OS. The average Bonchev–Trinajstić information content (AvgIpc) is 3.03. The molecule has 2 aromatic rings. The van der Waals surface area contributed by atoms with E-state index in [-0.39, 0.29) is 5.91 Å². The molecule has 7 nitrogen and oxygen atoms in total. The van der Waals surface area contributed by atoms with Crippen molar-refractivity contribution in [3.63, 3.8) is 0 Å². The van der Waals surface area contributed by atoms with Crippen LogP contribution in [0.2, 0.25) is 0 Å². The summed E-state index contributed by atoms with van der Waals surface area (Å²) in [6.45, 7) is 5.49. The molecule has 0 spiro atoms. The molecule has 0 bridgehead atoms. The fourth-order valence-electron chi connectivity index (χ4n) is 1.94. The number of nitrogens with zero attached hydrogens (tertiary/aromatic N) is 6. The van der Waals surface area contributed by atoms with Gasteiger partial charge in [0.2, 0.25) is 5.91 Å². The van der Waals surface area contributed by atoms with Gasteiger partial charge in [-0.05, 0) is 13.8 Å². The molecule has 0 N–H and O–H groups in total. The van der Waals surface area contributed by atoms with Crippen LogP contribution in [0, 0.1) is 6.92 Å². The number of aryl methyl sites for hydroxylation is 2. The predicted molar refractivity (Wildman–Crippen MR) is 80.8 cm³/mol. The lowest BCUT2D eigenvalue weighted by Crippen LogP contribution is -2.28. The minimum atomic E-state index is 0.0617. The lowest BCUT2D eigenvalue weighted by atomic mass is 10.2. The van der Waals surface area contributed by atoms with E-state index >= 15 is 0 Å². The van der Waals surface area contributed by atoms with Gasteiger partial charge < -0.3 is 9.47 Å². The highest BCUT2D eigenvalue weighted by Gasteiger charge is 2.14. The zero-order valence-corrected chi connectivity index (χ0v) is 13.6. The van der Waals surface area contributed by atoms with Crippen LogP contribution >= 0.6 is 11.8 Å². The molecule has 0 aliphatic carbocycles. The van der Waals surface area contributed by atoms with E-state index in [1.165, 1.54) is 11.8 Å². The monoisotopic (exact) mass is 308 g/mol. The number of amides is 1. The minimum Gasteiger partial charge on any atom is -0.341 e. The van der Waals surface area contributed by atoms with Crippen molar-refractivity contribution in [2.75, 3.05) is 12.8 Å². The highest BCUT2D eigenvalue weighted by Crippen LogP contribution is 2.15. The molecule has 2 aromatic heterocycles. The third kappa shape index (κ3) is 3.63. The molecule has 21 heavy (non-hydrogen) atoms. The van der Waals surface area contributed by atoms with Gasteiger partial charge in [-0.1, -0.05) is 11.8 Å². The lowest BCUT2D eigenvalue weighted by molar-refractivity contribution is -0.127. The van der Waals surface area contributed by atoms with Crippen molar-refractivity contribution in [3.05, 3.63) is 23.8 Å². The van der Waals surface area contributed by atoms with Crippen molar-refractivity contribution < 1.29 is 4.79 Å². The molecule has 1 amide bonds. The largest absolute Gasteiger partial charge is 0.341 e. The molecule has 8 heteroatoms. The number of carbonyl (C=O) groups excluding carboxylic acids is 1. The summed E-state index contributed by atoms with van der Waals surface area (Å²) in [5, 5.41) is 12.8. The Hall–Kier alpha value is -1.83. The van der Waals surface area contributed by atoms with E-state index in [0.29, 0.717) is 12.3 Å². The zero-order chi connectivity index (χ0) is 15.4. The zero-order valence-electron chi connectivity index (χ0n) is 12.8. The first-order valence-electron chi connectivity index (χ1n) is 6.75. The van der Waals surface area contributed by atoms with Crippen molar-refractivity contribution in [3.8, 4) is 0 Å². The van der Waals surface area contributed by atoms with Crippen molar-refractivity contribution in [2.45, 2.75) is 32.1 Å². The number of rotatable bonds is 6. The van der Waals surface area contributed by atoms with Crippen LogP contribution in [0.5, 0.6) is 0 Å². The topological polar surface area (TPSA) is 68.8 Å². The summed E-state index contributed by atoms with van der Waals surface area (Å²) in [5.74, 6) is 0.413. The fraction of sp³-hybridized carbons (Fsp3) is 0.538. The minimum absolute atomic E-state index is 0.0617. The van der Waals surface area contributed by atoms with E-state index in [2.05, 4.69) is 22.2 Å². The van der Waals surface area contributed by atoms with Gasteiger partial charge in [-0.2, -0.15) is 5.10 Å². The highest BCUT2D eigenvalue weighted by molar-refractivity contribution is 7.99. The van der Waals surface area contributed by atoms with E-state index in [0.717, 1.165) is 23.0 Å². The van der Waals surface area contributed by atoms with Crippen molar-refractivity contribution in [1.82, 2.24) is 29.4 Å². The Bertz CT molecular complexity index is 620. The smallest absolute Gasteiger partial charge is 0.233 e.